The Balaban J connectivity index is 1.98. The number of rotatable bonds is 5. The molecule has 0 aliphatic carbocycles. The Morgan fingerprint density at radius 3 is 2.64 bits per heavy atom. The van der Waals surface area contributed by atoms with Gasteiger partial charge in [-0.2, -0.15) is 5.26 Å². The number of carbonyl (C=O) groups is 1. The first-order valence-electron chi connectivity index (χ1n) is 7.95. The summed E-state index contributed by atoms with van der Waals surface area (Å²) in [6.45, 7) is 3.48. The molecular weight excluding hydrogens is 348 g/mol. The van der Waals surface area contributed by atoms with Gasteiger partial charge in [0, 0.05) is 21.9 Å². The number of allylic oxidation sites excluding steroid dienone is 3. The molecule has 0 spiro atoms. The molecule has 126 valence electrons. The molecule has 1 N–H and O–H groups in total. The van der Waals surface area contributed by atoms with Crippen molar-refractivity contribution in [3.8, 4) is 6.07 Å². The number of benzene rings is 1. The van der Waals surface area contributed by atoms with E-state index in [1.807, 2.05) is 42.6 Å². The Hall–Kier alpha value is -2.29. The van der Waals surface area contributed by atoms with E-state index in [0.29, 0.717) is 11.1 Å². The van der Waals surface area contributed by atoms with Gasteiger partial charge in [-0.25, -0.2) is 0 Å². The van der Waals surface area contributed by atoms with E-state index in [9.17, 15) is 10.1 Å². The molecule has 0 amide bonds. The second kappa shape index (κ2) is 7.73. The number of nitrogens with one attached hydrogen (secondary N) is 1. The summed E-state index contributed by atoms with van der Waals surface area (Å²) in [5, 5.41) is 15.9. The Labute approximate surface area is 156 Å². The zero-order chi connectivity index (χ0) is 17.8. The van der Waals surface area contributed by atoms with Crippen LogP contribution < -0.4 is 5.32 Å². The minimum atomic E-state index is -0.276. The van der Waals surface area contributed by atoms with Crippen LogP contribution in [0.15, 0.2) is 69.7 Å². The van der Waals surface area contributed by atoms with Crippen molar-refractivity contribution in [1.82, 2.24) is 5.32 Å². The van der Waals surface area contributed by atoms with Crippen LogP contribution in [0.5, 0.6) is 0 Å². The predicted molar refractivity (Wildman–Crippen MR) is 104 cm³/mol. The minimum Gasteiger partial charge on any atom is -0.353 e. The average Bonchev–Trinajstić information content (AvgIpc) is 3.14. The second-order valence-electron chi connectivity index (χ2n) is 5.80. The highest BCUT2D eigenvalue weighted by atomic mass is 32.2. The van der Waals surface area contributed by atoms with Crippen molar-refractivity contribution in [2.75, 3.05) is 0 Å². The maximum atomic E-state index is 12.2. The van der Waals surface area contributed by atoms with Crippen molar-refractivity contribution in [2.24, 2.45) is 0 Å². The van der Waals surface area contributed by atoms with Gasteiger partial charge >= 0.3 is 0 Å². The molecule has 2 heterocycles. The van der Waals surface area contributed by atoms with Gasteiger partial charge in [-0.1, -0.05) is 36.4 Å². The molecule has 3 nitrogen and oxygen atoms in total. The second-order valence-corrected chi connectivity index (χ2v) is 7.76. The lowest BCUT2D eigenvalue weighted by Crippen LogP contribution is -2.26. The molecular formula is C20H18N2OS2. The molecule has 2 aromatic rings. The maximum Gasteiger partial charge on any atom is 0.158 e. The third-order valence-electron chi connectivity index (χ3n) is 4.08. The normalized spacial score (nSPS) is 17.2. The third-order valence-corrected chi connectivity index (χ3v) is 6.11. The summed E-state index contributed by atoms with van der Waals surface area (Å²) in [5.74, 6) is 0.499. The summed E-state index contributed by atoms with van der Waals surface area (Å²) in [4.78, 5) is 13.3. The molecule has 1 aliphatic heterocycles. The maximum absolute atomic E-state index is 12.2. The highest BCUT2D eigenvalue weighted by Gasteiger charge is 2.33. The van der Waals surface area contributed by atoms with E-state index in [4.69, 9.17) is 0 Å². The van der Waals surface area contributed by atoms with Crippen LogP contribution in [0.1, 0.15) is 30.2 Å². The summed E-state index contributed by atoms with van der Waals surface area (Å²) in [6.07, 6.45) is 0. The van der Waals surface area contributed by atoms with Crippen LogP contribution in [0.4, 0.5) is 0 Å². The van der Waals surface area contributed by atoms with Crippen LogP contribution in [-0.4, -0.2) is 5.78 Å². The highest BCUT2D eigenvalue weighted by Crippen LogP contribution is 2.42. The van der Waals surface area contributed by atoms with E-state index >= 15 is 0 Å². The zero-order valence-corrected chi connectivity index (χ0v) is 15.7. The zero-order valence-electron chi connectivity index (χ0n) is 14.1. The van der Waals surface area contributed by atoms with Crippen molar-refractivity contribution in [3.63, 3.8) is 0 Å². The standard InChI is InChI=1S/C20H18N2OS2/c1-13-18(14(2)23)19(17-9-6-10-24-17)16(11-21)20(22-13)25-12-15-7-4-3-5-8-15/h3-10,19,22H,12H2,1-2H3/t19-/m0/s1. The van der Waals surface area contributed by atoms with Crippen LogP contribution in [0.25, 0.3) is 0 Å². The third kappa shape index (κ3) is 3.71. The van der Waals surface area contributed by atoms with Crippen LogP contribution >= 0.6 is 23.1 Å². The van der Waals surface area contributed by atoms with Gasteiger partial charge in [-0.15, -0.1) is 23.1 Å². The number of Topliss-reactive ketones (excluding diaryl/α,β-unsaturated/α-hetero) is 1. The lowest BCUT2D eigenvalue weighted by atomic mass is 9.85. The molecule has 0 fully saturated rings. The average molecular weight is 367 g/mol. The van der Waals surface area contributed by atoms with Crippen LogP contribution in [0, 0.1) is 11.3 Å². The first-order chi connectivity index (χ1) is 12.1. The van der Waals surface area contributed by atoms with Crippen molar-refractivity contribution in [1.29, 1.82) is 5.26 Å². The van der Waals surface area contributed by atoms with Gasteiger partial charge in [0.15, 0.2) is 5.78 Å². The molecule has 5 heteroatoms. The molecule has 1 aliphatic rings. The van der Waals surface area contributed by atoms with E-state index in [1.54, 1.807) is 30.0 Å². The first kappa shape index (κ1) is 17.5. The number of ketones is 1. The van der Waals surface area contributed by atoms with Gasteiger partial charge in [0.1, 0.15) is 0 Å². The smallest absolute Gasteiger partial charge is 0.158 e. The fourth-order valence-corrected chi connectivity index (χ4v) is 4.85. The first-order valence-corrected chi connectivity index (χ1v) is 9.81. The van der Waals surface area contributed by atoms with Gasteiger partial charge in [0.2, 0.25) is 0 Å². The molecule has 1 atom stereocenters. The van der Waals surface area contributed by atoms with E-state index in [0.717, 1.165) is 21.4 Å². The minimum absolute atomic E-state index is 0.00302. The molecule has 0 radical (unpaired) electrons. The van der Waals surface area contributed by atoms with Gasteiger partial charge in [-0.05, 0) is 30.9 Å². The Kier molecular flexibility index (Phi) is 5.42. The summed E-state index contributed by atoms with van der Waals surface area (Å²) >= 11 is 3.19. The van der Waals surface area contributed by atoms with Crippen molar-refractivity contribution in [2.45, 2.75) is 25.5 Å². The monoisotopic (exact) mass is 366 g/mol. The largest absolute Gasteiger partial charge is 0.353 e. The molecule has 0 unspecified atom stereocenters. The van der Waals surface area contributed by atoms with Gasteiger partial charge < -0.3 is 5.32 Å². The Bertz CT molecular complexity index is 874. The highest BCUT2D eigenvalue weighted by molar-refractivity contribution is 8.02. The van der Waals surface area contributed by atoms with E-state index < -0.39 is 0 Å². The SMILES string of the molecule is CC(=O)C1=C(C)NC(SCc2ccccc2)=C(C#N)[C@H]1c1cccs1. The topological polar surface area (TPSA) is 52.9 Å². The summed E-state index contributed by atoms with van der Waals surface area (Å²) in [5.41, 5.74) is 3.34. The van der Waals surface area contributed by atoms with Gasteiger partial charge in [-0.3, -0.25) is 4.79 Å². The number of dihydropyridines is 1. The number of nitrogens with zero attached hydrogens (tertiary/aromatic N) is 1. The predicted octanol–water partition coefficient (Wildman–Crippen LogP) is 4.97. The van der Waals surface area contributed by atoms with Crippen molar-refractivity contribution in [3.05, 3.63) is 80.2 Å². The Morgan fingerprint density at radius 2 is 2.04 bits per heavy atom. The number of thioether (sulfide) groups is 1. The Morgan fingerprint density at radius 1 is 1.28 bits per heavy atom. The molecule has 25 heavy (non-hydrogen) atoms. The number of hydrogen-bond donors (Lipinski definition) is 1. The van der Waals surface area contributed by atoms with E-state index in [2.05, 4.69) is 23.5 Å². The molecule has 0 bridgehead atoms. The summed E-state index contributed by atoms with van der Waals surface area (Å²) < 4.78 is 0. The molecule has 1 aromatic carbocycles. The lowest BCUT2D eigenvalue weighted by Gasteiger charge is -2.28. The number of hydrogen-bond acceptors (Lipinski definition) is 5. The number of carbonyl (C=O) groups excluding carboxylic acids is 1. The fraction of sp³-hybridized carbons (Fsp3) is 0.200. The quantitative estimate of drug-likeness (QED) is 0.812. The van der Waals surface area contributed by atoms with Crippen molar-refractivity contribution >= 4 is 28.9 Å². The molecule has 3 rings (SSSR count). The molecule has 0 saturated carbocycles. The lowest BCUT2D eigenvalue weighted by molar-refractivity contribution is -0.113. The summed E-state index contributed by atoms with van der Waals surface area (Å²) in [6, 6.07) is 16.5. The van der Waals surface area contributed by atoms with Crippen LogP contribution in [0.2, 0.25) is 0 Å². The van der Waals surface area contributed by atoms with E-state index in [-0.39, 0.29) is 11.7 Å². The number of thiophene rings is 1. The van der Waals surface area contributed by atoms with Crippen LogP contribution in [0.3, 0.4) is 0 Å². The number of nitriles is 1. The van der Waals surface area contributed by atoms with Crippen molar-refractivity contribution < 1.29 is 4.79 Å². The van der Waals surface area contributed by atoms with Gasteiger partial charge in [0.05, 0.1) is 22.6 Å². The fourth-order valence-electron chi connectivity index (χ4n) is 2.96. The van der Waals surface area contributed by atoms with Crippen LogP contribution in [-0.2, 0) is 10.5 Å². The molecule has 0 saturated heterocycles. The van der Waals surface area contributed by atoms with Gasteiger partial charge in [0.25, 0.3) is 0 Å². The summed E-state index contributed by atoms with van der Waals surface area (Å²) in [7, 11) is 0. The molecule has 1 aromatic heterocycles. The van der Waals surface area contributed by atoms with E-state index in [1.165, 1.54) is 5.56 Å².